The van der Waals surface area contributed by atoms with E-state index >= 15 is 0 Å². The van der Waals surface area contributed by atoms with E-state index in [1.807, 2.05) is 36.7 Å². The van der Waals surface area contributed by atoms with Gasteiger partial charge in [0, 0.05) is 38.1 Å². The molecule has 27 heavy (non-hydrogen) atoms. The number of hydrogen-bond acceptors (Lipinski definition) is 5. The maximum absolute atomic E-state index is 13.3. The number of hydrogen-bond donors (Lipinski definition) is 0. The summed E-state index contributed by atoms with van der Waals surface area (Å²) >= 11 is 1.33. The minimum absolute atomic E-state index is 0.0299. The van der Waals surface area contributed by atoms with Gasteiger partial charge in [0.15, 0.2) is 11.0 Å². The minimum Gasteiger partial charge on any atom is -0.338 e. The van der Waals surface area contributed by atoms with Crippen molar-refractivity contribution >= 4 is 17.7 Å². The number of halogens is 1. The summed E-state index contributed by atoms with van der Waals surface area (Å²) in [7, 11) is 1.86. The second kappa shape index (κ2) is 8.77. The summed E-state index contributed by atoms with van der Waals surface area (Å²) in [5.74, 6) is 0.609. The molecule has 0 saturated heterocycles. The Morgan fingerprint density at radius 2 is 2.11 bits per heavy atom. The maximum Gasteiger partial charge on any atom is 0.233 e. The van der Waals surface area contributed by atoms with E-state index in [9.17, 15) is 9.18 Å². The number of aromatic nitrogens is 4. The molecule has 8 heteroatoms. The molecule has 140 valence electrons. The molecule has 0 N–H and O–H groups in total. The van der Waals surface area contributed by atoms with Crippen molar-refractivity contribution in [1.82, 2.24) is 24.6 Å². The predicted molar refractivity (Wildman–Crippen MR) is 102 cm³/mol. The highest BCUT2D eigenvalue weighted by Gasteiger charge is 2.16. The van der Waals surface area contributed by atoms with Crippen LogP contribution < -0.4 is 0 Å². The van der Waals surface area contributed by atoms with Crippen LogP contribution in [0.15, 0.2) is 53.9 Å². The number of nitrogens with zero attached hydrogens (tertiary/aromatic N) is 5. The lowest BCUT2D eigenvalue weighted by Gasteiger charge is -2.20. The molecule has 1 amide bonds. The van der Waals surface area contributed by atoms with Crippen LogP contribution in [0.3, 0.4) is 0 Å². The van der Waals surface area contributed by atoms with E-state index in [0.29, 0.717) is 24.1 Å². The molecule has 1 aromatic carbocycles. The molecule has 2 heterocycles. The van der Waals surface area contributed by atoms with Gasteiger partial charge < -0.3 is 9.47 Å². The van der Waals surface area contributed by atoms with E-state index in [2.05, 4.69) is 15.2 Å². The molecule has 6 nitrogen and oxygen atoms in total. The second-order valence-electron chi connectivity index (χ2n) is 5.93. The Morgan fingerprint density at radius 3 is 2.81 bits per heavy atom. The van der Waals surface area contributed by atoms with Crippen molar-refractivity contribution in [2.75, 3.05) is 12.3 Å². The molecule has 0 aliphatic rings. The molecule has 3 aromatic rings. The Balaban J connectivity index is 1.63. The molecule has 3 rings (SSSR count). The van der Waals surface area contributed by atoms with Gasteiger partial charge in [-0.25, -0.2) is 4.39 Å². The third kappa shape index (κ3) is 4.71. The molecular formula is C19H20FN5OS. The fourth-order valence-electron chi connectivity index (χ4n) is 2.64. The van der Waals surface area contributed by atoms with Crippen molar-refractivity contribution in [1.29, 1.82) is 0 Å². The second-order valence-corrected chi connectivity index (χ2v) is 6.88. The van der Waals surface area contributed by atoms with Gasteiger partial charge in [-0.05, 0) is 36.8 Å². The monoisotopic (exact) mass is 385 g/mol. The van der Waals surface area contributed by atoms with E-state index in [-0.39, 0.29) is 17.5 Å². The van der Waals surface area contributed by atoms with Crippen molar-refractivity contribution in [3.05, 3.63) is 60.2 Å². The standard InChI is InChI=1S/C19H20FN5OS/c1-3-25(12-14-6-4-8-16(20)10-14)17(26)13-27-19-23-22-18(24(19)2)15-7-5-9-21-11-15/h4-11H,3,12-13H2,1-2H3. The molecule has 0 spiro atoms. The van der Waals surface area contributed by atoms with Gasteiger partial charge in [0.2, 0.25) is 5.91 Å². The number of carbonyl (C=O) groups excluding carboxylic acids is 1. The summed E-state index contributed by atoms with van der Waals surface area (Å²) < 4.78 is 15.2. The fourth-order valence-corrected chi connectivity index (χ4v) is 3.45. The van der Waals surface area contributed by atoms with Gasteiger partial charge in [0.25, 0.3) is 0 Å². The van der Waals surface area contributed by atoms with Crippen LogP contribution in [0.25, 0.3) is 11.4 Å². The molecule has 0 unspecified atom stereocenters. The first-order chi connectivity index (χ1) is 13.1. The molecule has 0 saturated carbocycles. The summed E-state index contributed by atoms with van der Waals surface area (Å²) in [6, 6.07) is 10.1. The Morgan fingerprint density at radius 1 is 1.26 bits per heavy atom. The third-order valence-electron chi connectivity index (χ3n) is 4.08. The van der Waals surface area contributed by atoms with Gasteiger partial charge in [0.05, 0.1) is 5.75 Å². The van der Waals surface area contributed by atoms with Crippen molar-refractivity contribution in [2.24, 2.45) is 7.05 Å². The Hall–Kier alpha value is -2.74. The summed E-state index contributed by atoms with van der Waals surface area (Å²) in [5, 5.41) is 9.02. The van der Waals surface area contributed by atoms with Gasteiger partial charge in [-0.15, -0.1) is 10.2 Å². The van der Waals surface area contributed by atoms with Crippen LogP contribution in [-0.2, 0) is 18.4 Å². The molecule has 0 atom stereocenters. The minimum atomic E-state index is -0.299. The quantitative estimate of drug-likeness (QED) is 0.585. The van der Waals surface area contributed by atoms with Crippen LogP contribution in [0.5, 0.6) is 0 Å². The average Bonchev–Trinajstić information content (AvgIpc) is 3.05. The lowest BCUT2D eigenvalue weighted by atomic mass is 10.2. The smallest absolute Gasteiger partial charge is 0.233 e. The van der Waals surface area contributed by atoms with E-state index in [1.54, 1.807) is 23.4 Å². The average molecular weight is 385 g/mol. The third-order valence-corrected chi connectivity index (χ3v) is 5.08. The van der Waals surface area contributed by atoms with E-state index in [4.69, 9.17) is 0 Å². The van der Waals surface area contributed by atoms with Crippen LogP contribution in [0.2, 0.25) is 0 Å². The zero-order valence-electron chi connectivity index (χ0n) is 15.2. The summed E-state index contributed by atoms with van der Waals surface area (Å²) in [6.07, 6.45) is 3.42. The molecule has 0 bridgehead atoms. The van der Waals surface area contributed by atoms with Crippen molar-refractivity contribution in [3.63, 3.8) is 0 Å². The number of pyridine rings is 1. The van der Waals surface area contributed by atoms with E-state index in [1.165, 1.54) is 23.9 Å². The predicted octanol–water partition coefficient (Wildman–Crippen LogP) is 3.16. The first kappa shape index (κ1) is 19.0. The van der Waals surface area contributed by atoms with E-state index in [0.717, 1.165) is 11.1 Å². The van der Waals surface area contributed by atoms with Crippen LogP contribution in [-0.4, -0.2) is 42.9 Å². The van der Waals surface area contributed by atoms with Crippen LogP contribution in [0.1, 0.15) is 12.5 Å². The first-order valence-electron chi connectivity index (χ1n) is 8.53. The highest BCUT2D eigenvalue weighted by Crippen LogP contribution is 2.22. The van der Waals surface area contributed by atoms with Gasteiger partial charge >= 0.3 is 0 Å². The number of rotatable bonds is 7. The zero-order chi connectivity index (χ0) is 19.2. The molecule has 0 aliphatic heterocycles. The molecular weight excluding hydrogens is 365 g/mol. The highest BCUT2D eigenvalue weighted by molar-refractivity contribution is 7.99. The zero-order valence-corrected chi connectivity index (χ0v) is 16.0. The number of thioether (sulfide) groups is 1. The van der Waals surface area contributed by atoms with Crippen LogP contribution in [0, 0.1) is 5.82 Å². The molecule has 2 aromatic heterocycles. The maximum atomic E-state index is 13.3. The SMILES string of the molecule is CCN(Cc1cccc(F)c1)C(=O)CSc1nnc(-c2cccnc2)n1C. The highest BCUT2D eigenvalue weighted by atomic mass is 32.2. The summed E-state index contributed by atoms with van der Waals surface area (Å²) in [6.45, 7) is 2.84. The van der Waals surface area contributed by atoms with Crippen molar-refractivity contribution in [3.8, 4) is 11.4 Å². The summed E-state index contributed by atoms with van der Waals surface area (Å²) in [5.41, 5.74) is 1.64. The van der Waals surface area contributed by atoms with Crippen molar-refractivity contribution in [2.45, 2.75) is 18.6 Å². The van der Waals surface area contributed by atoms with Crippen LogP contribution in [0.4, 0.5) is 4.39 Å². The van der Waals surface area contributed by atoms with E-state index < -0.39 is 0 Å². The fraction of sp³-hybridized carbons (Fsp3) is 0.263. The number of amides is 1. The largest absolute Gasteiger partial charge is 0.338 e. The van der Waals surface area contributed by atoms with Gasteiger partial charge in [-0.3, -0.25) is 9.78 Å². The van der Waals surface area contributed by atoms with Gasteiger partial charge in [-0.1, -0.05) is 23.9 Å². The number of carbonyl (C=O) groups is 1. The molecule has 0 aliphatic carbocycles. The topological polar surface area (TPSA) is 63.9 Å². The Kier molecular flexibility index (Phi) is 6.18. The Bertz CT molecular complexity index is 915. The lowest BCUT2D eigenvalue weighted by molar-refractivity contribution is -0.128. The van der Waals surface area contributed by atoms with Crippen molar-refractivity contribution < 1.29 is 9.18 Å². The first-order valence-corrected chi connectivity index (χ1v) is 9.52. The molecule has 0 fully saturated rings. The summed E-state index contributed by atoms with van der Waals surface area (Å²) in [4.78, 5) is 18.4. The van der Waals surface area contributed by atoms with Gasteiger partial charge in [-0.2, -0.15) is 0 Å². The lowest BCUT2D eigenvalue weighted by Crippen LogP contribution is -2.31. The van der Waals surface area contributed by atoms with Crippen LogP contribution >= 0.6 is 11.8 Å². The Labute approximate surface area is 161 Å². The number of benzene rings is 1. The normalized spacial score (nSPS) is 10.8. The molecule has 0 radical (unpaired) electrons. The van der Waals surface area contributed by atoms with Gasteiger partial charge in [0.1, 0.15) is 5.82 Å².